The topological polar surface area (TPSA) is 82.8 Å². The maximum Gasteiger partial charge on any atom is 0 e. The van der Waals surface area contributed by atoms with E-state index in [-0.39, 0.29) is 21.1 Å². The Morgan fingerprint density at radius 3 is 0.714 bits per heavy atom. The summed E-state index contributed by atoms with van der Waals surface area (Å²) < 4.78 is 23.5. The molecule has 0 radical (unpaired) electrons. The summed E-state index contributed by atoms with van der Waals surface area (Å²) >= 11 is 0. The fraction of sp³-hybridized carbons (Fsp3) is 0.625. The Hall–Kier alpha value is -0.172. The zero-order valence-electron chi connectivity index (χ0n) is 8.99. The molecule has 0 bridgehead atoms. The summed E-state index contributed by atoms with van der Waals surface area (Å²) in [7, 11) is 9.25. The molecule has 0 heterocycles. The molecule has 82 valence electrons. The molecule has 0 N–H and O–H groups in total. The number of nitrogens with zero attached hydrogens (tertiary/aromatic N) is 1. The molecule has 6 heteroatoms. The Balaban J connectivity index is -0.0000000156. The SMILES string of the molecule is C[N+](C)(C)C.C[O-].[C-]#[O+].[C-]#[O+].[C-]#[O+].[W]. The third-order valence-corrected chi connectivity index (χ3v) is 0. The van der Waals surface area contributed by atoms with Crippen LogP contribution in [0.5, 0.6) is 0 Å². The number of quaternary nitrogens is 1. The summed E-state index contributed by atoms with van der Waals surface area (Å²) in [6, 6.07) is 0. The van der Waals surface area contributed by atoms with Crippen LogP contribution in [0, 0.1) is 20.0 Å². The largest absolute Gasteiger partial charge is 0 e. The van der Waals surface area contributed by atoms with Gasteiger partial charge in [-0.1, -0.05) is 0 Å². The van der Waals surface area contributed by atoms with E-state index >= 15 is 0 Å². The second-order valence-corrected chi connectivity index (χ2v) is 2.68. The molecule has 0 saturated heterocycles. The van der Waals surface area contributed by atoms with Crippen LogP contribution in [0.15, 0.2) is 0 Å². The molecule has 0 aliphatic rings. The molecular weight excluding hydrogens is 358 g/mol. The number of hydrogen-bond donors (Lipinski definition) is 0. The van der Waals surface area contributed by atoms with E-state index in [1.807, 2.05) is 0 Å². The van der Waals surface area contributed by atoms with E-state index < -0.39 is 0 Å². The van der Waals surface area contributed by atoms with E-state index in [9.17, 15) is 0 Å². The van der Waals surface area contributed by atoms with Crippen molar-refractivity contribution in [3.63, 3.8) is 0 Å². The fourth-order valence-electron chi connectivity index (χ4n) is 0. The van der Waals surface area contributed by atoms with Crippen LogP contribution in [0.1, 0.15) is 0 Å². The standard InChI is InChI=1S/C4H12N.CH3O.3CO.W/c1-5(2,3)4;4*1-2;/h1-4H3;1H3;;;;/q+1;-1;;;;. The summed E-state index contributed by atoms with van der Waals surface area (Å²) in [4.78, 5) is 0. The maximum atomic E-state index is 8.25. The number of rotatable bonds is 0. The Morgan fingerprint density at radius 1 is 0.714 bits per heavy atom. The van der Waals surface area contributed by atoms with E-state index in [2.05, 4.69) is 48.1 Å². The van der Waals surface area contributed by atoms with Crippen molar-refractivity contribution in [1.29, 1.82) is 0 Å². The molecule has 14 heavy (non-hydrogen) atoms. The average molecular weight is 373 g/mol. The van der Waals surface area contributed by atoms with Crippen LogP contribution in [0.2, 0.25) is 0 Å². The van der Waals surface area contributed by atoms with Crippen LogP contribution in [0.3, 0.4) is 0 Å². The van der Waals surface area contributed by atoms with Gasteiger partial charge in [0.1, 0.15) is 0 Å². The molecule has 5 nitrogen and oxygen atoms in total. The molecular formula is C8H15NO4W. The van der Waals surface area contributed by atoms with Crippen LogP contribution < -0.4 is 5.11 Å². The quantitative estimate of drug-likeness (QED) is 0.311. The Labute approximate surface area is 100 Å². The van der Waals surface area contributed by atoms with Crippen molar-refractivity contribution < 1.29 is 44.6 Å². The monoisotopic (exact) mass is 373 g/mol. The average Bonchev–Trinajstić information content (AvgIpc) is 2.14. The molecule has 0 fully saturated rings. The van der Waals surface area contributed by atoms with Crippen molar-refractivity contribution in [3.8, 4) is 0 Å². The predicted molar refractivity (Wildman–Crippen MR) is 41.7 cm³/mol. The normalized spacial score (nSPS) is 5.14. The van der Waals surface area contributed by atoms with E-state index in [0.717, 1.165) is 11.6 Å². The van der Waals surface area contributed by atoms with Crippen LogP contribution in [0.25, 0.3) is 0 Å². The third-order valence-electron chi connectivity index (χ3n) is 0. The molecule has 0 saturated carbocycles. The van der Waals surface area contributed by atoms with Crippen LogP contribution in [-0.4, -0.2) is 39.8 Å². The van der Waals surface area contributed by atoms with E-state index in [0.29, 0.717) is 0 Å². The minimum Gasteiger partial charge on any atom is 0 e. The van der Waals surface area contributed by atoms with Crippen molar-refractivity contribution >= 4 is 0 Å². The second-order valence-electron chi connectivity index (χ2n) is 2.68. The van der Waals surface area contributed by atoms with Gasteiger partial charge in [0.2, 0.25) is 0 Å². The van der Waals surface area contributed by atoms with Gasteiger partial charge in [-0.05, 0) is 0 Å². The van der Waals surface area contributed by atoms with Crippen molar-refractivity contribution in [1.82, 2.24) is 0 Å². The van der Waals surface area contributed by atoms with E-state index in [4.69, 9.17) is 19.1 Å². The van der Waals surface area contributed by atoms with Crippen molar-refractivity contribution in [2.75, 3.05) is 35.3 Å². The molecule has 0 unspecified atom stereocenters. The summed E-state index contributed by atoms with van der Waals surface area (Å²) in [5.74, 6) is 0. The smallest absolute Gasteiger partial charge is 0 e. The van der Waals surface area contributed by atoms with E-state index in [1.165, 1.54) is 0 Å². The van der Waals surface area contributed by atoms with Crippen LogP contribution >= 0.6 is 0 Å². The molecule has 0 atom stereocenters. The van der Waals surface area contributed by atoms with Gasteiger partial charge in [-0.15, -0.1) is 0 Å². The fourth-order valence-corrected chi connectivity index (χ4v) is 0. The first-order valence-corrected chi connectivity index (χ1v) is 2.81. The molecule has 0 aromatic carbocycles. The van der Waals surface area contributed by atoms with Gasteiger partial charge in [0.15, 0.2) is 0 Å². The summed E-state index contributed by atoms with van der Waals surface area (Å²) in [5.41, 5.74) is 0. The van der Waals surface area contributed by atoms with Crippen molar-refractivity contribution in [2.45, 2.75) is 0 Å². The molecule has 0 aliphatic heterocycles. The summed E-state index contributed by atoms with van der Waals surface area (Å²) in [5, 5.41) is 8.25. The van der Waals surface area contributed by atoms with Gasteiger partial charge in [0.05, 0.1) is 28.2 Å². The van der Waals surface area contributed by atoms with Crippen molar-refractivity contribution in [2.24, 2.45) is 0 Å². The minimum absolute atomic E-state index is 0. The van der Waals surface area contributed by atoms with Crippen LogP contribution in [0.4, 0.5) is 0 Å². The van der Waals surface area contributed by atoms with Gasteiger partial charge in [-0.2, -0.15) is 7.11 Å². The zero-order valence-corrected chi connectivity index (χ0v) is 11.9. The Morgan fingerprint density at radius 2 is 0.714 bits per heavy atom. The molecule has 0 amide bonds. The van der Waals surface area contributed by atoms with Crippen molar-refractivity contribution in [3.05, 3.63) is 20.0 Å². The third kappa shape index (κ3) is 47100. The summed E-state index contributed by atoms with van der Waals surface area (Å²) in [6.45, 7) is 13.5. The van der Waals surface area contributed by atoms with Gasteiger partial charge in [0, 0.05) is 21.1 Å². The van der Waals surface area contributed by atoms with Gasteiger partial charge in [-0.25, -0.2) is 0 Å². The first-order valence-electron chi connectivity index (χ1n) is 2.81. The van der Waals surface area contributed by atoms with Gasteiger partial charge >= 0.3 is 33.9 Å². The molecule has 0 rings (SSSR count). The first-order chi connectivity index (χ1) is 6.00. The number of hydrogen-bond acceptors (Lipinski definition) is 1. The second kappa shape index (κ2) is 52.8. The van der Waals surface area contributed by atoms with E-state index in [1.54, 1.807) is 0 Å². The first kappa shape index (κ1) is 37.1. The Bertz CT molecular complexity index is 94.5. The molecule has 0 aromatic heterocycles. The summed E-state index contributed by atoms with van der Waals surface area (Å²) in [6.07, 6.45) is 0. The van der Waals surface area contributed by atoms with Crippen LogP contribution in [-0.2, 0) is 35.0 Å². The Kier molecular flexibility index (Phi) is 140. The predicted octanol–water partition coefficient (Wildman–Crippen LogP) is -0.816. The molecule has 0 spiro atoms. The minimum atomic E-state index is 0. The molecule has 0 aliphatic carbocycles. The van der Waals surface area contributed by atoms with Gasteiger partial charge < -0.3 is 9.59 Å². The zero-order chi connectivity index (χ0) is 12.5. The van der Waals surface area contributed by atoms with Gasteiger partial charge in [-0.3, -0.25) is 0 Å². The maximum absolute atomic E-state index is 8.25. The van der Waals surface area contributed by atoms with Gasteiger partial charge in [0.25, 0.3) is 0 Å². The molecule has 0 aromatic rings.